The molecule has 0 spiro atoms. The fourth-order valence-electron chi connectivity index (χ4n) is 3.71. The maximum absolute atomic E-state index is 12.7. The van der Waals surface area contributed by atoms with Gasteiger partial charge in [0.25, 0.3) is 0 Å². The van der Waals surface area contributed by atoms with Crippen molar-refractivity contribution in [3.8, 4) is 0 Å². The first-order chi connectivity index (χ1) is 10.9. The summed E-state index contributed by atoms with van der Waals surface area (Å²) >= 11 is 0. The second-order valence-corrected chi connectivity index (χ2v) is 7.77. The van der Waals surface area contributed by atoms with Crippen LogP contribution in [0.15, 0.2) is 24.5 Å². The summed E-state index contributed by atoms with van der Waals surface area (Å²) in [5.74, 6) is 0.523. The Labute approximate surface area is 138 Å². The van der Waals surface area contributed by atoms with Gasteiger partial charge in [-0.25, -0.2) is 4.79 Å². The predicted molar refractivity (Wildman–Crippen MR) is 90.5 cm³/mol. The van der Waals surface area contributed by atoms with Gasteiger partial charge in [0.15, 0.2) is 0 Å². The minimum absolute atomic E-state index is 0.269. The summed E-state index contributed by atoms with van der Waals surface area (Å²) in [6.07, 6.45) is 7.99. The van der Waals surface area contributed by atoms with Crippen LogP contribution in [0.4, 0.5) is 10.5 Å². The van der Waals surface area contributed by atoms with Gasteiger partial charge in [-0.2, -0.15) is 0 Å². The van der Waals surface area contributed by atoms with Gasteiger partial charge in [-0.05, 0) is 64.5 Å². The smallest absolute Gasteiger partial charge is 0.414 e. The number of piperidine rings is 1. The number of hydrogen-bond donors (Lipinski definition) is 1. The van der Waals surface area contributed by atoms with Crippen LogP contribution >= 0.6 is 0 Å². The van der Waals surface area contributed by atoms with E-state index in [1.807, 2.05) is 32.9 Å². The summed E-state index contributed by atoms with van der Waals surface area (Å²) in [5.41, 5.74) is 0.371. The van der Waals surface area contributed by atoms with Crippen molar-refractivity contribution in [2.75, 3.05) is 11.4 Å². The van der Waals surface area contributed by atoms with Crippen LogP contribution in [0.5, 0.6) is 0 Å². The Bertz CT molecular complexity index is 529. The van der Waals surface area contributed by atoms with Crippen molar-refractivity contribution in [3.63, 3.8) is 0 Å². The lowest BCUT2D eigenvalue weighted by molar-refractivity contribution is 0.0570. The first-order valence-electron chi connectivity index (χ1n) is 8.57. The molecule has 0 radical (unpaired) electrons. The van der Waals surface area contributed by atoms with E-state index in [9.17, 15) is 4.79 Å². The van der Waals surface area contributed by atoms with Gasteiger partial charge in [0.2, 0.25) is 0 Å². The SMILES string of the molecule is CC(C)(C)OC(=O)N(C[C@@H]1C[C@H]2CC[C@@H](C1)N2)c1ccncc1. The number of hydrogen-bond acceptors (Lipinski definition) is 4. The zero-order valence-corrected chi connectivity index (χ0v) is 14.3. The van der Waals surface area contributed by atoms with Crippen LogP contribution in [-0.4, -0.2) is 35.3 Å². The van der Waals surface area contributed by atoms with E-state index in [0.29, 0.717) is 24.5 Å². The second-order valence-electron chi connectivity index (χ2n) is 7.77. The second kappa shape index (κ2) is 6.48. The Balaban J connectivity index is 1.74. The lowest BCUT2D eigenvalue weighted by Crippen LogP contribution is -2.45. The Kier molecular flexibility index (Phi) is 4.57. The number of fused-ring (bicyclic) bond motifs is 2. The number of nitrogens with zero attached hydrogens (tertiary/aromatic N) is 2. The van der Waals surface area contributed by atoms with E-state index < -0.39 is 5.60 Å². The highest BCUT2D eigenvalue weighted by Crippen LogP contribution is 2.32. The van der Waals surface area contributed by atoms with Crippen LogP contribution in [0.2, 0.25) is 0 Å². The Hall–Kier alpha value is -1.62. The molecule has 126 valence electrons. The Morgan fingerprint density at radius 3 is 2.43 bits per heavy atom. The molecule has 3 atom stereocenters. The molecule has 0 unspecified atom stereocenters. The number of rotatable bonds is 3. The number of ether oxygens (including phenoxy) is 1. The highest BCUT2D eigenvalue weighted by molar-refractivity contribution is 5.87. The third-order valence-corrected chi connectivity index (χ3v) is 4.60. The zero-order chi connectivity index (χ0) is 16.4. The van der Waals surface area contributed by atoms with Crippen molar-refractivity contribution >= 4 is 11.8 Å². The molecule has 0 aliphatic carbocycles. The number of carbonyl (C=O) groups excluding carboxylic acids is 1. The minimum Gasteiger partial charge on any atom is -0.443 e. The van der Waals surface area contributed by atoms with Gasteiger partial charge in [0.1, 0.15) is 5.60 Å². The summed E-state index contributed by atoms with van der Waals surface area (Å²) in [5, 5.41) is 3.66. The van der Waals surface area contributed by atoms with E-state index in [4.69, 9.17) is 4.74 Å². The van der Waals surface area contributed by atoms with Gasteiger partial charge in [0.05, 0.1) is 5.69 Å². The number of nitrogens with one attached hydrogen (secondary N) is 1. The molecule has 5 heteroatoms. The van der Waals surface area contributed by atoms with Gasteiger partial charge >= 0.3 is 6.09 Å². The van der Waals surface area contributed by atoms with E-state index in [1.165, 1.54) is 12.8 Å². The van der Waals surface area contributed by atoms with Crippen LogP contribution in [0.1, 0.15) is 46.5 Å². The average Bonchev–Trinajstić information content (AvgIpc) is 2.82. The zero-order valence-electron chi connectivity index (χ0n) is 14.3. The molecular formula is C18H27N3O2. The Morgan fingerprint density at radius 1 is 1.26 bits per heavy atom. The van der Waals surface area contributed by atoms with E-state index in [0.717, 1.165) is 18.5 Å². The summed E-state index contributed by atoms with van der Waals surface area (Å²) in [6, 6.07) is 4.99. The highest BCUT2D eigenvalue weighted by Gasteiger charge is 2.35. The van der Waals surface area contributed by atoms with Crippen LogP contribution in [0.25, 0.3) is 0 Å². The quantitative estimate of drug-likeness (QED) is 0.929. The monoisotopic (exact) mass is 317 g/mol. The van der Waals surface area contributed by atoms with Gasteiger partial charge in [-0.15, -0.1) is 0 Å². The average molecular weight is 317 g/mol. The number of amides is 1. The van der Waals surface area contributed by atoms with E-state index in [-0.39, 0.29) is 6.09 Å². The number of carbonyl (C=O) groups is 1. The normalized spacial score (nSPS) is 26.8. The molecular weight excluding hydrogens is 290 g/mol. The van der Waals surface area contributed by atoms with Crippen molar-refractivity contribution in [2.45, 2.75) is 64.1 Å². The summed E-state index contributed by atoms with van der Waals surface area (Å²) < 4.78 is 5.62. The van der Waals surface area contributed by atoms with Crippen molar-refractivity contribution < 1.29 is 9.53 Å². The summed E-state index contributed by atoms with van der Waals surface area (Å²) in [6.45, 7) is 6.43. The van der Waals surface area contributed by atoms with E-state index in [1.54, 1.807) is 17.3 Å². The molecule has 2 bridgehead atoms. The molecule has 3 heterocycles. The number of anilines is 1. The van der Waals surface area contributed by atoms with Crippen molar-refractivity contribution in [1.29, 1.82) is 0 Å². The lowest BCUT2D eigenvalue weighted by Gasteiger charge is -2.34. The van der Waals surface area contributed by atoms with Gasteiger partial charge in [-0.3, -0.25) is 9.88 Å². The van der Waals surface area contributed by atoms with Crippen LogP contribution in [0.3, 0.4) is 0 Å². The molecule has 23 heavy (non-hydrogen) atoms. The lowest BCUT2D eigenvalue weighted by atomic mass is 9.92. The standard InChI is InChI=1S/C18H27N3O2/c1-18(2,3)23-17(22)21(16-6-8-19-9-7-16)12-13-10-14-4-5-15(11-13)20-14/h6-9,13-15,20H,4-5,10-12H2,1-3H3/t13-,14-,15+. The maximum Gasteiger partial charge on any atom is 0.414 e. The number of pyridine rings is 1. The molecule has 2 saturated heterocycles. The van der Waals surface area contributed by atoms with Gasteiger partial charge < -0.3 is 10.1 Å². The van der Waals surface area contributed by atoms with Crippen LogP contribution in [0, 0.1) is 5.92 Å². The molecule has 2 aliphatic rings. The topological polar surface area (TPSA) is 54.5 Å². The largest absolute Gasteiger partial charge is 0.443 e. The molecule has 0 saturated carbocycles. The van der Waals surface area contributed by atoms with Crippen LogP contribution in [-0.2, 0) is 4.74 Å². The fourth-order valence-corrected chi connectivity index (χ4v) is 3.71. The minimum atomic E-state index is -0.491. The molecule has 0 aromatic carbocycles. The first kappa shape index (κ1) is 16.2. The Morgan fingerprint density at radius 2 is 1.87 bits per heavy atom. The third kappa shape index (κ3) is 4.22. The van der Waals surface area contributed by atoms with Crippen molar-refractivity contribution in [3.05, 3.63) is 24.5 Å². The van der Waals surface area contributed by atoms with Crippen molar-refractivity contribution in [2.24, 2.45) is 5.92 Å². The summed E-state index contributed by atoms with van der Waals surface area (Å²) in [7, 11) is 0. The van der Waals surface area contributed by atoms with Gasteiger partial charge in [0, 0.05) is 31.0 Å². The molecule has 1 aromatic heterocycles. The molecule has 1 amide bonds. The molecule has 2 aliphatic heterocycles. The molecule has 3 rings (SSSR count). The maximum atomic E-state index is 12.7. The summed E-state index contributed by atoms with van der Waals surface area (Å²) in [4.78, 5) is 18.5. The van der Waals surface area contributed by atoms with E-state index >= 15 is 0 Å². The van der Waals surface area contributed by atoms with E-state index in [2.05, 4.69) is 10.3 Å². The number of aromatic nitrogens is 1. The molecule has 2 fully saturated rings. The highest BCUT2D eigenvalue weighted by atomic mass is 16.6. The van der Waals surface area contributed by atoms with Crippen molar-refractivity contribution in [1.82, 2.24) is 10.3 Å². The molecule has 5 nitrogen and oxygen atoms in total. The first-order valence-corrected chi connectivity index (χ1v) is 8.57. The fraction of sp³-hybridized carbons (Fsp3) is 0.667. The molecule has 1 N–H and O–H groups in total. The third-order valence-electron chi connectivity index (χ3n) is 4.60. The van der Waals surface area contributed by atoms with Crippen LogP contribution < -0.4 is 10.2 Å². The van der Waals surface area contributed by atoms with Gasteiger partial charge in [-0.1, -0.05) is 0 Å². The predicted octanol–water partition coefficient (Wildman–Crippen LogP) is 3.35. The molecule has 1 aromatic rings.